The topological polar surface area (TPSA) is 47.6 Å². The molecule has 0 aliphatic rings. The smallest absolute Gasteiger partial charge is 0.274 e. The lowest BCUT2D eigenvalue weighted by molar-refractivity contribution is -0.0589. The number of carbonyl (C=O) groups excluding carboxylic acids is 1. The Hall–Kier alpha value is -1.39. The van der Waals surface area contributed by atoms with Crippen LogP contribution in [0.1, 0.15) is 50.5 Å². The van der Waals surface area contributed by atoms with E-state index in [1.165, 1.54) is 0 Å². The van der Waals surface area contributed by atoms with E-state index in [1.54, 1.807) is 12.1 Å². The molecule has 0 saturated carbocycles. The zero-order valence-electron chi connectivity index (χ0n) is 12.3. The number of amides is 1. The minimum absolute atomic E-state index is 0.197. The molecule has 1 aromatic rings. The normalized spacial score (nSPS) is 11.7. The summed E-state index contributed by atoms with van der Waals surface area (Å²) < 4.78 is 5.50. The second-order valence-electron chi connectivity index (χ2n) is 5.70. The standard InChI is InChI=1S/C15H23NO3/c1-11(2)18-10-12-6-8-13(9-7-12)14(17)16-19-15(3,4)5/h6-9,11H,10H2,1-5H3,(H,16,17). The van der Waals surface area contributed by atoms with E-state index in [4.69, 9.17) is 9.57 Å². The lowest BCUT2D eigenvalue weighted by atomic mass is 10.1. The molecule has 0 aliphatic heterocycles. The zero-order valence-corrected chi connectivity index (χ0v) is 12.3. The number of ether oxygens (including phenoxy) is 1. The number of nitrogens with one attached hydrogen (secondary N) is 1. The van der Waals surface area contributed by atoms with Gasteiger partial charge in [0, 0.05) is 5.56 Å². The van der Waals surface area contributed by atoms with Crippen LogP contribution in [0.25, 0.3) is 0 Å². The van der Waals surface area contributed by atoms with E-state index >= 15 is 0 Å². The van der Waals surface area contributed by atoms with Crippen molar-refractivity contribution in [3.63, 3.8) is 0 Å². The van der Waals surface area contributed by atoms with Gasteiger partial charge in [-0.05, 0) is 52.3 Å². The zero-order chi connectivity index (χ0) is 14.5. The van der Waals surface area contributed by atoms with Gasteiger partial charge in [0.2, 0.25) is 0 Å². The fraction of sp³-hybridized carbons (Fsp3) is 0.533. The predicted octanol–water partition coefficient (Wildman–Crippen LogP) is 3.07. The molecule has 0 spiro atoms. The Balaban J connectivity index is 2.53. The van der Waals surface area contributed by atoms with E-state index < -0.39 is 5.60 Å². The summed E-state index contributed by atoms with van der Waals surface area (Å²) in [6, 6.07) is 7.30. The van der Waals surface area contributed by atoms with Crippen LogP contribution in [0.2, 0.25) is 0 Å². The summed E-state index contributed by atoms with van der Waals surface area (Å²) in [6.45, 7) is 10.2. The lowest BCUT2D eigenvalue weighted by Gasteiger charge is -2.18. The SMILES string of the molecule is CC(C)OCc1ccc(C(=O)NOC(C)(C)C)cc1. The second-order valence-corrected chi connectivity index (χ2v) is 5.70. The van der Waals surface area contributed by atoms with Gasteiger partial charge in [-0.1, -0.05) is 12.1 Å². The fourth-order valence-electron chi connectivity index (χ4n) is 1.27. The summed E-state index contributed by atoms with van der Waals surface area (Å²) >= 11 is 0. The largest absolute Gasteiger partial charge is 0.374 e. The molecule has 0 aliphatic carbocycles. The van der Waals surface area contributed by atoms with Crippen molar-refractivity contribution in [1.82, 2.24) is 5.48 Å². The van der Waals surface area contributed by atoms with Crippen LogP contribution in [-0.2, 0) is 16.2 Å². The molecule has 1 rings (SSSR count). The number of hydroxylamine groups is 1. The summed E-state index contributed by atoms with van der Waals surface area (Å²) in [5.74, 6) is -0.244. The van der Waals surface area contributed by atoms with E-state index in [1.807, 2.05) is 46.8 Å². The average molecular weight is 265 g/mol. The van der Waals surface area contributed by atoms with Crippen molar-refractivity contribution >= 4 is 5.91 Å². The van der Waals surface area contributed by atoms with E-state index in [2.05, 4.69) is 5.48 Å². The quantitative estimate of drug-likeness (QED) is 0.832. The number of carbonyl (C=O) groups is 1. The van der Waals surface area contributed by atoms with E-state index in [-0.39, 0.29) is 12.0 Å². The number of hydrogen-bond donors (Lipinski definition) is 1. The molecule has 0 fully saturated rings. The van der Waals surface area contributed by atoms with Crippen LogP contribution in [0.5, 0.6) is 0 Å². The maximum atomic E-state index is 11.8. The van der Waals surface area contributed by atoms with Crippen LogP contribution < -0.4 is 5.48 Å². The van der Waals surface area contributed by atoms with Gasteiger partial charge in [-0.2, -0.15) is 0 Å². The molecule has 0 heterocycles. The van der Waals surface area contributed by atoms with Crippen LogP contribution in [0.4, 0.5) is 0 Å². The molecule has 19 heavy (non-hydrogen) atoms. The first-order valence-electron chi connectivity index (χ1n) is 6.47. The first-order chi connectivity index (χ1) is 8.78. The molecule has 0 unspecified atom stereocenters. The average Bonchev–Trinajstić information content (AvgIpc) is 2.33. The summed E-state index contributed by atoms with van der Waals surface area (Å²) in [6.07, 6.45) is 0.197. The van der Waals surface area contributed by atoms with Crippen molar-refractivity contribution in [2.45, 2.75) is 52.9 Å². The Bertz CT molecular complexity index is 404. The van der Waals surface area contributed by atoms with Crippen LogP contribution in [0, 0.1) is 0 Å². The van der Waals surface area contributed by atoms with Crippen molar-refractivity contribution < 1.29 is 14.4 Å². The molecule has 0 radical (unpaired) electrons. The fourth-order valence-corrected chi connectivity index (χ4v) is 1.27. The Labute approximate surface area is 115 Å². The highest BCUT2D eigenvalue weighted by molar-refractivity contribution is 5.93. The van der Waals surface area contributed by atoms with E-state index in [0.29, 0.717) is 12.2 Å². The minimum Gasteiger partial charge on any atom is -0.374 e. The highest BCUT2D eigenvalue weighted by Gasteiger charge is 2.13. The van der Waals surface area contributed by atoms with E-state index in [9.17, 15) is 4.79 Å². The molecule has 1 aromatic carbocycles. The molecule has 1 N–H and O–H groups in total. The highest BCUT2D eigenvalue weighted by atomic mass is 16.7. The van der Waals surface area contributed by atoms with Crippen molar-refractivity contribution in [1.29, 1.82) is 0 Å². The van der Waals surface area contributed by atoms with Crippen LogP contribution in [0.3, 0.4) is 0 Å². The van der Waals surface area contributed by atoms with E-state index in [0.717, 1.165) is 5.56 Å². The Kier molecular flexibility index (Phi) is 5.51. The molecule has 1 amide bonds. The number of rotatable bonds is 5. The lowest BCUT2D eigenvalue weighted by Crippen LogP contribution is -2.33. The van der Waals surface area contributed by atoms with Gasteiger partial charge >= 0.3 is 0 Å². The van der Waals surface area contributed by atoms with Gasteiger partial charge in [0.05, 0.1) is 18.3 Å². The van der Waals surface area contributed by atoms with Gasteiger partial charge in [-0.3, -0.25) is 9.63 Å². The van der Waals surface area contributed by atoms with Crippen molar-refractivity contribution in [2.24, 2.45) is 0 Å². The maximum absolute atomic E-state index is 11.8. The molecule has 4 heteroatoms. The Morgan fingerprint density at radius 3 is 2.26 bits per heavy atom. The third kappa shape index (κ3) is 6.36. The van der Waals surface area contributed by atoms with Crippen LogP contribution in [0.15, 0.2) is 24.3 Å². The summed E-state index contributed by atoms with van der Waals surface area (Å²) in [4.78, 5) is 17.0. The third-order valence-electron chi connectivity index (χ3n) is 2.25. The molecule has 0 aromatic heterocycles. The van der Waals surface area contributed by atoms with Crippen molar-refractivity contribution in [3.05, 3.63) is 35.4 Å². The molecule has 106 valence electrons. The van der Waals surface area contributed by atoms with Gasteiger partial charge in [-0.25, -0.2) is 5.48 Å². The van der Waals surface area contributed by atoms with Crippen LogP contribution in [-0.4, -0.2) is 17.6 Å². The predicted molar refractivity (Wildman–Crippen MR) is 74.7 cm³/mol. The summed E-state index contributed by atoms with van der Waals surface area (Å²) in [5.41, 5.74) is 3.65. The van der Waals surface area contributed by atoms with Gasteiger partial charge in [0.1, 0.15) is 0 Å². The van der Waals surface area contributed by atoms with Gasteiger partial charge in [-0.15, -0.1) is 0 Å². The molecule has 0 atom stereocenters. The minimum atomic E-state index is -0.402. The monoisotopic (exact) mass is 265 g/mol. The third-order valence-corrected chi connectivity index (χ3v) is 2.25. The Morgan fingerprint density at radius 1 is 1.21 bits per heavy atom. The summed E-state index contributed by atoms with van der Waals surface area (Å²) in [7, 11) is 0. The molecule has 0 bridgehead atoms. The first-order valence-corrected chi connectivity index (χ1v) is 6.47. The van der Waals surface area contributed by atoms with Crippen molar-refractivity contribution in [3.8, 4) is 0 Å². The number of hydrogen-bond acceptors (Lipinski definition) is 3. The number of benzene rings is 1. The molecule has 4 nitrogen and oxygen atoms in total. The van der Waals surface area contributed by atoms with Gasteiger partial charge < -0.3 is 4.74 Å². The van der Waals surface area contributed by atoms with Gasteiger partial charge in [0.25, 0.3) is 5.91 Å². The Morgan fingerprint density at radius 2 is 1.79 bits per heavy atom. The second kappa shape index (κ2) is 6.68. The van der Waals surface area contributed by atoms with Gasteiger partial charge in [0.15, 0.2) is 0 Å². The molecular weight excluding hydrogens is 242 g/mol. The summed E-state index contributed by atoms with van der Waals surface area (Å²) in [5, 5.41) is 0. The highest BCUT2D eigenvalue weighted by Crippen LogP contribution is 2.09. The first kappa shape index (κ1) is 15.7. The van der Waals surface area contributed by atoms with Crippen LogP contribution >= 0.6 is 0 Å². The maximum Gasteiger partial charge on any atom is 0.274 e. The molecular formula is C15H23NO3. The molecule has 0 saturated heterocycles. The van der Waals surface area contributed by atoms with Crippen molar-refractivity contribution in [2.75, 3.05) is 0 Å².